The van der Waals surface area contributed by atoms with E-state index in [0.29, 0.717) is 25.8 Å². The van der Waals surface area contributed by atoms with Gasteiger partial charge in [-0.1, -0.05) is 38.5 Å². The van der Waals surface area contributed by atoms with Gasteiger partial charge in [-0.15, -0.1) is 0 Å². The average molecular weight is 426 g/mol. The monoisotopic (exact) mass is 425 g/mol. The van der Waals surface area contributed by atoms with Gasteiger partial charge < -0.3 is 15.0 Å². The number of nitrogens with zero attached hydrogens (tertiary/aromatic N) is 2. The molecule has 0 bridgehead atoms. The predicted molar refractivity (Wildman–Crippen MR) is 120 cm³/mol. The fourth-order valence-electron chi connectivity index (χ4n) is 3.23. The minimum atomic E-state index is -0.606. The highest BCUT2D eigenvalue weighted by atomic mass is 16.2. The van der Waals surface area contributed by atoms with Gasteiger partial charge in [0.1, 0.15) is 5.78 Å². The number of urea groups is 1. The molecule has 0 saturated carbocycles. The van der Waals surface area contributed by atoms with E-state index in [1.807, 2.05) is 19.0 Å². The van der Waals surface area contributed by atoms with Crippen molar-refractivity contribution in [2.75, 3.05) is 27.2 Å². The topological polar surface area (TPSA) is 86.8 Å². The normalized spacial score (nSPS) is 10.8. The molecule has 0 radical (unpaired) electrons. The van der Waals surface area contributed by atoms with Crippen molar-refractivity contribution in [1.29, 1.82) is 0 Å². The van der Waals surface area contributed by atoms with E-state index in [-0.39, 0.29) is 18.6 Å². The number of amides is 4. The van der Waals surface area contributed by atoms with E-state index >= 15 is 0 Å². The smallest absolute Gasteiger partial charge is 0.331 e. The molecule has 0 heterocycles. The summed E-state index contributed by atoms with van der Waals surface area (Å²) in [6.45, 7) is 4.65. The zero-order valence-electron chi connectivity index (χ0n) is 19.6. The molecule has 1 N–H and O–H groups in total. The first-order valence-electron chi connectivity index (χ1n) is 11.6. The molecule has 0 saturated heterocycles. The molecule has 7 nitrogen and oxygen atoms in total. The zero-order valence-corrected chi connectivity index (χ0v) is 19.6. The third-order valence-electron chi connectivity index (χ3n) is 4.95. The summed E-state index contributed by atoms with van der Waals surface area (Å²) in [5, 5.41) is 2.57. The summed E-state index contributed by atoms with van der Waals surface area (Å²) in [6.07, 6.45) is 10.7. The Balaban J connectivity index is 4.16. The van der Waals surface area contributed by atoms with Crippen molar-refractivity contribution in [2.24, 2.45) is 0 Å². The van der Waals surface area contributed by atoms with E-state index in [9.17, 15) is 19.2 Å². The Morgan fingerprint density at radius 3 is 1.53 bits per heavy atom. The van der Waals surface area contributed by atoms with Crippen molar-refractivity contribution in [2.45, 2.75) is 97.3 Å². The van der Waals surface area contributed by atoms with Gasteiger partial charge in [0.2, 0.25) is 11.8 Å². The second-order valence-corrected chi connectivity index (χ2v) is 8.25. The van der Waals surface area contributed by atoms with Crippen molar-refractivity contribution < 1.29 is 19.2 Å². The van der Waals surface area contributed by atoms with Gasteiger partial charge in [-0.2, -0.15) is 0 Å². The summed E-state index contributed by atoms with van der Waals surface area (Å²) in [5.41, 5.74) is 0. The van der Waals surface area contributed by atoms with Crippen molar-refractivity contribution in [1.82, 2.24) is 15.1 Å². The van der Waals surface area contributed by atoms with Gasteiger partial charge in [0, 0.05) is 25.8 Å². The van der Waals surface area contributed by atoms with Crippen molar-refractivity contribution in [3.8, 4) is 0 Å². The first kappa shape index (κ1) is 28.2. The molecule has 4 amide bonds. The van der Waals surface area contributed by atoms with Crippen LogP contribution in [0.15, 0.2) is 0 Å². The van der Waals surface area contributed by atoms with Gasteiger partial charge in [-0.25, -0.2) is 9.69 Å². The lowest BCUT2D eigenvalue weighted by atomic mass is 10.1. The Hall–Kier alpha value is -1.76. The molecule has 0 aliphatic carbocycles. The first-order valence-corrected chi connectivity index (χ1v) is 11.6. The van der Waals surface area contributed by atoms with Gasteiger partial charge in [0.15, 0.2) is 0 Å². The molecule has 0 aromatic carbocycles. The molecule has 0 fully saturated rings. The molecule has 0 aliphatic rings. The Labute approximate surface area is 182 Å². The van der Waals surface area contributed by atoms with Gasteiger partial charge in [-0.3, -0.25) is 9.59 Å². The van der Waals surface area contributed by atoms with E-state index < -0.39 is 17.8 Å². The molecule has 0 unspecified atom stereocenters. The quantitative estimate of drug-likeness (QED) is 0.351. The average Bonchev–Trinajstić information content (AvgIpc) is 2.66. The number of carbonyl (C=O) groups excluding carboxylic acids is 4. The summed E-state index contributed by atoms with van der Waals surface area (Å²) < 4.78 is 0. The van der Waals surface area contributed by atoms with Gasteiger partial charge in [0.25, 0.3) is 0 Å². The molecule has 30 heavy (non-hydrogen) atoms. The van der Waals surface area contributed by atoms with Crippen LogP contribution in [0.25, 0.3) is 0 Å². The number of nitrogens with one attached hydrogen (secondary N) is 1. The zero-order chi connectivity index (χ0) is 22.8. The molecule has 174 valence electrons. The molecule has 0 spiro atoms. The standard InChI is InChI=1S/C23H43N3O4/c1-5-24-23(30)26(22(29)18-14-15-19-25(3)4)21(28)17-13-11-9-7-6-8-10-12-16-20(2)27/h5-19H2,1-4H3,(H,24,30). The predicted octanol–water partition coefficient (Wildman–Crippen LogP) is 4.29. The largest absolute Gasteiger partial charge is 0.338 e. The van der Waals surface area contributed by atoms with E-state index in [4.69, 9.17) is 0 Å². The van der Waals surface area contributed by atoms with Crippen LogP contribution in [0.4, 0.5) is 4.79 Å². The van der Waals surface area contributed by atoms with Crippen LogP contribution in [0, 0.1) is 0 Å². The highest BCUT2D eigenvalue weighted by Gasteiger charge is 2.27. The molecule has 0 rings (SSSR count). The first-order chi connectivity index (χ1) is 14.3. The molecule has 0 aromatic heterocycles. The highest BCUT2D eigenvalue weighted by molar-refractivity contribution is 6.10. The summed E-state index contributed by atoms with van der Waals surface area (Å²) in [6, 6.07) is -0.606. The number of carbonyl (C=O) groups is 4. The SMILES string of the molecule is CCNC(=O)N(C(=O)CCCCCCCCCCC(C)=O)C(=O)CCCCN(C)C. The summed E-state index contributed by atoms with van der Waals surface area (Å²) in [5.74, 6) is -0.550. The van der Waals surface area contributed by atoms with Crippen LogP contribution in [0.3, 0.4) is 0 Å². The minimum absolute atomic E-state index is 0.209. The van der Waals surface area contributed by atoms with E-state index in [1.54, 1.807) is 13.8 Å². The second kappa shape index (κ2) is 18.0. The lowest BCUT2D eigenvalue weighted by Gasteiger charge is -2.19. The van der Waals surface area contributed by atoms with E-state index in [0.717, 1.165) is 62.8 Å². The van der Waals surface area contributed by atoms with Crippen molar-refractivity contribution >= 4 is 23.6 Å². The van der Waals surface area contributed by atoms with Crippen LogP contribution in [-0.2, 0) is 14.4 Å². The second-order valence-electron chi connectivity index (χ2n) is 8.25. The minimum Gasteiger partial charge on any atom is -0.338 e. The summed E-state index contributed by atoms with van der Waals surface area (Å²) >= 11 is 0. The molecule has 0 aliphatic heterocycles. The van der Waals surface area contributed by atoms with Gasteiger partial charge >= 0.3 is 6.03 Å². The van der Waals surface area contributed by atoms with Gasteiger partial charge in [-0.05, 0) is 60.2 Å². The lowest BCUT2D eigenvalue weighted by Crippen LogP contribution is -2.47. The highest BCUT2D eigenvalue weighted by Crippen LogP contribution is 2.12. The molecule has 0 atom stereocenters. The summed E-state index contributed by atoms with van der Waals surface area (Å²) in [4.78, 5) is 50.9. The van der Waals surface area contributed by atoms with Crippen molar-refractivity contribution in [3.63, 3.8) is 0 Å². The Morgan fingerprint density at radius 2 is 1.10 bits per heavy atom. The molecular formula is C23H43N3O4. The summed E-state index contributed by atoms with van der Waals surface area (Å²) in [7, 11) is 3.95. The number of imide groups is 3. The molecular weight excluding hydrogens is 382 g/mol. The maximum absolute atomic E-state index is 12.5. The third kappa shape index (κ3) is 15.1. The number of Topliss-reactive ketones (excluding diaryl/α,β-unsaturated/α-hetero) is 1. The number of rotatable bonds is 17. The Kier molecular flexibility index (Phi) is 17.0. The Morgan fingerprint density at radius 1 is 0.667 bits per heavy atom. The number of unbranched alkanes of at least 4 members (excludes halogenated alkanes) is 8. The van der Waals surface area contributed by atoms with E-state index in [2.05, 4.69) is 5.32 Å². The fraction of sp³-hybridized carbons (Fsp3) is 0.826. The van der Waals surface area contributed by atoms with Crippen LogP contribution >= 0.6 is 0 Å². The number of ketones is 1. The van der Waals surface area contributed by atoms with Crippen LogP contribution < -0.4 is 5.32 Å². The van der Waals surface area contributed by atoms with Crippen LogP contribution in [0.1, 0.15) is 97.3 Å². The number of hydrogen-bond donors (Lipinski definition) is 1. The van der Waals surface area contributed by atoms with Crippen molar-refractivity contribution in [3.05, 3.63) is 0 Å². The molecule has 7 heteroatoms. The maximum Gasteiger partial charge on any atom is 0.331 e. The number of hydrogen-bond acceptors (Lipinski definition) is 5. The Bertz CT molecular complexity index is 521. The lowest BCUT2D eigenvalue weighted by molar-refractivity contribution is -0.141. The van der Waals surface area contributed by atoms with Crippen LogP contribution in [-0.4, -0.2) is 60.6 Å². The van der Waals surface area contributed by atoms with E-state index in [1.165, 1.54) is 0 Å². The fourth-order valence-corrected chi connectivity index (χ4v) is 3.23. The molecule has 0 aromatic rings. The maximum atomic E-state index is 12.5. The van der Waals surface area contributed by atoms with Crippen LogP contribution in [0.2, 0.25) is 0 Å². The van der Waals surface area contributed by atoms with Gasteiger partial charge in [0.05, 0.1) is 0 Å². The van der Waals surface area contributed by atoms with Crippen LogP contribution in [0.5, 0.6) is 0 Å². The third-order valence-corrected chi connectivity index (χ3v) is 4.95.